The first-order valence-corrected chi connectivity index (χ1v) is 5.97. The molecule has 0 aromatic carbocycles. The fourth-order valence-electron chi connectivity index (χ4n) is 1.25. The van der Waals surface area contributed by atoms with Gasteiger partial charge in [0, 0.05) is 18.1 Å². The maximum absolute atomic E-state index is 5.69. The minimum absolute atomic E-state index is 0.157. The van der Waals surface area contributed by atoms with Gasteiger partial charge in [0.1, 0.15) is 5.76 Å². The molecule has 0 aliphatic heterocycles. The molecule has 4 heteroatoms. The molecule has 0 saturated carbocycles. The van der Waals surface area contributed by atoms with E-state index in [4.69, 9.17) is 16.0 Å². The molecule has 2 N–H and O–H groups in total. The predicted octanol–water partition coefficient (Wildman–Crippen LogP) is 2.80. The van der Waals surface area contributed by atoms with Crippen LogP contribution >= 0.6 is 11.6 Å². The highest BCUT2D eigenvalue weighted by molar-refractivity contribution is 6.28. The third-order valence-corrected chi connectivity index (χ3v) is 2.40. The Kier molecular flexibility index (Phi) is 4.84. The van der Waals surface area contributed by atoms with E-state index in [1.165, 1.54) is 0 Å². The van der Waals surface area contributed by atoms with E-state index < -0.39 is 0 Å². The Bertz CT molecular complexity index is 317. The van der Waals surface area contributed by atoms with Gasteiger partial charge in [-0.25, -0.2) is 0 Å². The van der Waals surface area contributed by atoms with Crippen LogP contribution in [0.2, 0.25) is 5.22 Å². The summed E-state index contributed by atoms with van der Waals surface area (Å²) in [6.45, 7) is 10.3. The van der Waals surface area contributed by atoms with Crippen molar-refractivity contribution in [2.24, 2.45) is 0 Å². The Hall–Kier alpha value is -0.510. The molecule has 0 saturated heterocycles. The number of hydrogen-bond acceptors (Lipinski definition) is 3. The van der Waals surface area contributed by atoms with E-state index in [-0.39, 0.29) is 5.54 Å². The Balaban J connectivity index is 2.22. The van der Waals surface area contributed by atoms with Crippen LogP contribution in [-0.4, -0.2) is 18.1 Å². The molecule has 1 rings (SSSR count). The molecule has 92 valence electrons. The highest BCUT2D eigenvalue weighted by Crippen LogP contribution is 2.12. The maximum Gasteiger partial charge on any atom is 0.193 e. The van der Waals surface area contributed by atoms with Crippen LogP contribution in [0.15, 0.2) is 16.5 Å². The molecular weight excluding hydrogens is 224 g/mol. The number of hydrogen-bond donors (Lipinski definition) is 2. The summed E-state index contributed by atoms with van der Waals surface area (Å²) >= 11 is 5.69. The molecule has 1 unspecified atom stereocenters. The molecule has 1 aromatic rings. The van der Waals surface area contributed by atoms with Crippen LogP contribution in [0.3, 0.4) is 0 Å². The summed E-state index contributed by atoms with van der Waals surface area (Å²) < 4.78 is 5.26. The fourth-order valence-corrected chi connectivity index (χ4v) is 1.42. The molecule has 0 spiro atoms. The molecule has 1 heterocycles. The zero-order valence-corrected chi connectivity index (χ0v) is 11.2. The minimum Gasteiger partial charge on any atom is -0.448 e. The monoisotopic (exact) mass is 244 g/mol. The summed E-state index contributed by atoms with van der Waals surface area (Å²) in [6.07, 6.45) is 0. The van der Waals surface area contributed by atoms with Gasteiger partial charge in [-0.1, -0.05) is 0 Å². The van der Waals surface area contributed by atoms with E-state index in [2.05, 4.69) is 38.3 Å². The lowest BCUT2D eigenvalue weighted by Gasteiger charge is -2.23. The van der Waals surface area contributed by atoms with E-state index in [0.717, 1.165) is 12.3 Å². The van der Waals surface area contributed by atoms with Gasteiger partial charge in [-0.2, -0.15) is 0 Å². The summed E-state index contributed by atoms with van der Waals surface area (Å²) in [6, 6.07) is 4.04. The second-order valence-corrected chi connectivity index (χ2v) is 5.49. The van der Waals surface area contributed by atoms with Crippen molar-refractivity contribution in [1.29, 1.82) is 0 Å². The molecule has 0 radical (unpaired) electrons. The van der Waals surface area contributed by atoms with Gasteiger partial charge in [-0.3, -0.25) is 0 Å². The quantitative estimate of drug-likeness (QED) is 0.837. The first-order chi connectivity index (χ1) is 7.37. The number of nitrogens with one attached hydrogen (secondary N) is 2. The van der Waals surface area contributed by atoms with Gasteiger partial charge < -0.3 is 15.1 Å². The summed E-state index contributed by atoms with van der Waals surface area (Å²) in [4.78, 5) is 0. The van der Waals surface area contributed by atoms with Gasteiger partial charge in [0.05, 0.1) is 6.54 Å². The second-order valence-electron chi connectivity index (χ2n) is 5.12. The van der Waals surface area contributed by atoms with Crippen molar-refractivity contribution < 1.29 is 4.42 Å². The Morgan fingerprint density at radius 3 is 2.56 bits per heavy atom. The lowest BCUT2D eigenvalue weighted by Crippen LogP contribution is -2.44. The van der Waals surface area contributed by atoms with Gasteiger partial charge in [0.15, 0.2) is 5.22 Å². The Morgan fingerprint density at radius 2 is 2.06 bits per heavy atom. The van der Waals surface area contributed by atoms with Gasteiger partial charge in [-0.15, -0.1) is 0 Å². The Morgan fingerprint density at radius 1 is 1.38 bits per heavy atom. The zero-order valence-electron chi connectivity index (χ0n) is 10.4. The average Bonchev–Trinajstić information content (AvgIpc) is 2.57. The van der Waals surface area contributed by atoms with E-state index in [1.54, 1.807) is 6.07 Å². The van der Waals surface area contributed by atoms with E-state index in [9.17, 15) is 0 Å². The largest absolute Gasteiger partial charge is 0.448 e. The number of halogens is 1. The first kappa shape index (κ1) is 13.6. The lowest BCUT2D eigenvalue weighted by molar-refractivity contribution is 0.378. The SMILES string of the molecule is CC(CNC(C)(C)C)NCc1ccc(Cl)o1. The van der Waals surface area contributed by atoms with Crippen LogP contribution in [0.5, 0.6) is 0 Å². The van der Waals surface area contributed by atoms with E-state index in [0.29, 0.717) is 17.8 Å². The van der Waals surface area contributed by atoms with Crippen molar-refractivity contribution in [3.8, 4) is 0 Å². The number of rotatable bonds is 5. The third kappa shape index (κ3) is 5.54. The molecule has 3 nitrogen and oxygen atoms in total. The third-order valence-electron chi connectivity index (χ3n) is 2.19. The Labute approximate surface area is 103 Å². The second kappa shape index (κ2) is 5.71. The molecule has 0 fully saturated rings. The average molecular weight is 245 g/mol. The molecular formula is C12H21ClN2O. The van der Waals surface area contributed by atoms with Gasteiger partial charge in [0.2, 0.25) is 0 Å². The lowest BCUT2D eigenvalue weighted by atomic mass is 10.1. The number of furan rings is 1. The molecule has 16 heavy (non-hydrogen) atoms. The van der Waals surface area contributed by atoms with Gasteiger partial charge >= 0.3 is 0 Å². The summed E-state index contributed by atoms with van der Waals surface area (Å²) in [7, 11) is 0. The highest BCUT2D eigenvalue weighted by atomic mass is 35.5. The van der Waals surface area contributed by atoms with E-state index in [1.807, 2.05) is 6.07 Å². The molecule has 1 aromatic heterocycles. The summed E-state index contributed by atoms with van der Waals surface area (Å²) in [5.41, 5.74) is 0.157. The molecule has 0 bridgehead atoms. The van der Waals surface area contributed by atoms with Crippen molar-refractivity contribution in [1.82, 2.24) is 10.6 Å². The van der Waals surface area contributed by atoms with Crippen LogP contribution in [0.4, 0.5) is 0 Å². The van der Waals surface area contributed by atoms with E-state index >= 15 is 0 Å². The zero-order chi connectivity index (χ0) is 12.2. The molecule has 0 aliphatic rings. The van der Waals surface area contributed by atoms with Gasteiger partial charge in [-0.05, 0) is 51.4 Å². The predicted molar refractivity (Wildman–Crippen MR) is 67.8 cm³/mol. The highest BCUT2D eigenvalue weighted by Gasteiger charge is 2.11. The van der Waals surface area contributed by atoms with Crippen LogP contribution in [0.25, 0.3) is 0 Å². The standard InChI is InChI=1S/C12H21ClN2O/c1-9(7-15-12(2,3)4)14-8-10-5-6-11(13)16-10/h5-6,9,14-15H,7-8H2,1-4H3. The topological polar surface area (TPSA) is 37.2 Å². The van der Waals surface area contributed by atoms with Crippen LogP contribution < -0.4 is 10.6 Å². The molecule has 1 atom stereocenters. The maximum atomic E-state index is 5.69. The smallest absolute Gasteiger partial charge is 0.193 e. The van der Waals surface area contributed by atoms with Crippen LogP contribution in [0, 0.1) is 0 Å². The summed E-state index contributed by atoms with van der Waals surface area (Å²) in [5, 5.41) is 7.26. The van der Waals surface area contributed by atoms with Crippen LogP contribution in [-0.2, 0) is 6.54 Å². The molecule has 0 amide bonds. The molecule has 0 aliphatic carbocycles. The van der Waals surface area contributed by atoms with Crippen molar-refractivity contribution in [2.45, 2.75) is 45.8 Å². The van der Waals surface area contributed by atoms with Crippen molar-refractivity contribution in [2.75, 3.05) is 6.54 Å². The fraction of sp³-hybridized carbons (Fsp3) is 0.667. The summed E-state index contributed by atoms with van der Waals surface area (Å²) in [5.74, 6) is 0.868. The normalized spacial score (nSPS) is 14.1. The first-order valence-electron chi connectivity index (χ1n) is 5.59. The van der Waals surface area contributed by atoms with Crippen molar-refractivity contribution >= 4 is 11.6 Å². The van der Waals surface area contributed by atoms with Crippen molar-refractivity contribution in [3.05, 3.63) is 23.1 Å². The minimum atomic E-state index is 0.157. The van der Waals surface area contributed by atoms with Crippen molar-refractivity contribution in [3.63, 3.8) is 0 Å². The van der Waals surface area contributed by atoms with Gasteiger partial charge in [0.25, 0.3) is 0 Å². The van der Waals surface area contributed by atoms with Crippen LogP contribution in [0.1, 0.15) is 33.5 Å².